The second-order valence-corrected chi connectivity index (χ2v) is 7.60. The second kappa shape index (κ2) is 9.05. The van der Waals surface area contributed by atoms with Crippen molar-refractivity contribution in [2.45, 2.75) is 13.3 Å². The van der Waals surface area contributed by atoms with E-state index in [4.69, 9.17) is 10.00 Å². The maximum atomic E-state index is 12.3. The van der Waals surface area contributed by atoms with Crippen molar-refractivity contribution in [2.75, 3.05) is 29.0 Å². The molecule has 0 heterocycles. The number of sulfonamides is 1. The van der Waals surface area contributed by atoms with Gasteiger partial charge in [0.1, 0.15) is 11.8 Å². The predicted octanol–water partition coefficient (Wildman–Crippen LogP) is 2.75. The van der Waals surface area contributed by atoms with E-state index in [-0.39, 0.29) is 18.9 Å². The van der Waals surface area contributed by atoms with Gasteiger partial charge in [0, 0.05) is 13.0 Å². The Morgan fingerprint density at radius 3 is 2.52 bits per heavy atom. The first-order chi connectivity index (χ1) is 12.9. The number of rotatable bonds is 8. The van der Waals surface area contributed by atoms with E-state index in [0.717, 1.165) is 10.6 Å². The first kappa shape index (κ1) is 20.3. The van der Waals surface area contributed by atoms with Gasteiger partial charge < -0.3 is 10.1 Å². The van der Waals surface area contributed by atoms with Gasteiger partial charge in [0.2, 0.25) is 15.9 Å². The summed E-state index contributed by atoms with van der Waals surface area (Å²) in [6, 6.07) is 15.4. The summed E-state index contributed by atoms with van der Waals surface area (Å²) in [5, 5.41) is 11.7. The van der Waals surface area contributed by atoms with Crippen LogP contribution >= 0.6 is 0 Å². The monoisotopic (exact) mass is 387 g/mol. The summed E-state index contributed by atoms with van der Waals surface area (Å²) in [6.45, 7) is 2.14. The minimum atomic E-state index is -3.62. The maximum absolute atomic E-state index is 12.3. The molecule has 0 unspecified atom stereocenters. The summed E-state index contributed by atoms with van der Waals surface area (Å²) in [5.41, 5.74) is 1.12. The highest BCUT2D eigenvalue weighted by atomic mass is 32.2. The molecular weight excluding hydrogens is 366 g/mol. The Balaban J connectivity index is 2.17. The van der Waals surface area contributed by atoms with E-state index in [0.29, 0.717) is 29.3 Å². The molecule has 2 rings (SSSR count). The van der Waals surface area contributed by atoms with E-state index in [2.05, 4.69) is 5.32 Å². The van der Waals surface area contributed by atoms with Crippen LogP contribution in [0.5, 0.6) is 5.75 Å². The largest absolute Gasteiger partial charge is 0.492 e. The highest BCUT2D eigenvalue weighted by Crippen LogP contribution is 2.30. The van der Waals surface area contributed by atoms with E-state index in [1.165, 1.54) is 0 Å². The summed E-state index contributed by atoms with van der Waals surface area (Å²) in [7, 11) is -3.62. The van der Waals surface area contributed by atoms with E-state index in [1.807, 2.05) is 13.0 Å². The van der Waals surface area contributed by atoms with Gasteiger partial charge >= 0.3 is 0 Å². The molecular formula is C19H21N3O4S. The number of anilines is 2. The standard InChI is InChI=1S/C19H21N3O4S/c1-3-26-18-11-7-6-10-17(18)22(27(2,24)25)13-12-19(23)21-16-9-5-4-8-15(16)14-20/h4-11H,3,12-13H2,1-2H3,(H,21,23). The van der Waals surface area contributed by atoms with Crippen LogP contribution in [-0.4, -0.2) is 33.7 Å². The number of para-hydroxylation sites is 3. The Labute approximate surface area is 159 Å². The highest BCUT2D eigenvalue weighted by Gasteiger charge is 2.22. The molecule has 2 aromatic carbocycles. The van der Waals surface area contributed by atoms with Crippen molar-refractivity contribution in [3.63, 3.8) is 0 Å². The van der Waals surface area contributed by atoms with Crippen molar-refractivity contribution in [2.24, 2.45) is 0 Å². The second-order valence-electron chi connectivity index (χ2n) is 5.69. The Kier molecular flexibility index (Phi) is 6.79. The third-order valence-electron chi connectivity index (χ3n) is 3.70. The average Bonchev–Trinajstić information content (AvgIpc) is 2.63. The van der Waals surface area contributed by atoms with Crippen molar-refractivity contribution in [1.82, 2.24) is 0 Å². The number of ether oxygens (including phenoxy) is 1. The maximum Gasteiger partial charge on any atom is 0.232 e. The van der Waals surface area contributed by atoms with Crippen molar-refractivity contribution < 1.29 is 17.9 Å². The van der Waals surface area contributed by atoms with Crippen LogP contribution in [0.1, 0.15) is 18.9 Å². The number of amides is 1. The molecule has 0 atom stereocenters. The topological polar surface area (TPSA) is 99.5 Å². The van der Waals surface area contributed by atoms with Gasteiger partial charge in [0.05, 0.1) is 29.8 Å². The number of nitrogens with one attached hydrogen (secondary N) is 1. The molecule has 2 aromatic rings. The smallest absolute Gasteiger partial charge is 0.232 e. The van der Waals surface area contributed by atoms with Crippen molar-refractivity contribution in [3.8, 4) is 11.8 Å². The van der Waals surface area contributed by atoms with Crippen molar-refractivity contribution in [1.29, 1.82) is 5.26 Å². The lowest BCUT2D eigenvalue weighted by atomic mass is 10.2. The lowest BCUT2D eigenvalue weighted by molar-refractivity contribution is -0.116. The molecule has 1 amide bonds. The van der Waals surface area contributed by atoms with Gasteiger partial charge in [-0.1, -0.05) is 24.3 Å². The molecule has 0 saturated heterocycles. The quantitative estimate of drug-likeness (QED) is 0.751. The van der Waals surface area contributed by atoms with Gasteiger partial charge in [-0.3, -0.25) is 9.10 Å². The predicted molar refractivity (Wildman–Crippen MR) is 104 cm³/mol. The molecule has 0 aromatic heterocycles. The third kappa shape index (κ3) is 5.46. The fourth-order valence-electron chi connectivity index (χ4n) is 2.51. The number of nitriles is 1. The minimum Gasteiger partial charge on any atom is -0.492 e. The molecule has 0 aliphatic carbocycles. The number of hydrogen-bond acceptors (Lipinski definition) is 5. The van der Waals surface area contributed by atoms with Gasteiger partial charge in [-0.05, 0) is 31.2 Å². The van der Waals surface area contributed by atoms with Crippen LogP contribution in [0, 0.1) is 11.3 Å². The fourth-order valence-corrected chi connectivity index (χ4v) is 3.44. The lowest BCUT2D eigenvalue weighted by Crippen LogP contribution is -2.33. The van der Waals surface area contributed by atoms with Crippen LogP contribution in [0.2, 0.25) is 0 Å². The molecule has 0 bridgehead atoms. The Morgan fingerprint density at radius 2 is 1.85 bits per heavy atom. The van der Waals surface area contributed by atoms with Crippen LogP contribution in [0.3, 0.4) is 0 Å². The van der Waals surface area contributed by atoms with Crippen molar-refractivity contribution >= 4 is 27.3 Å². The zero-order valence-corrected chi connectivity index (χ0v) is 16.0. The molecule has 0 aliphatic heterocycles. The number of carbonyl (C=O) groups excluding carboxylic acids is 1. The molecule has 0 fully saturated rings. The SMILES string of the molecule is CCOc1ccccc1N(CCC(=O)Nc1ccccc1C#N)S(C)(=O)=O. The zero-order valence-electron chi connectivity index (χ0n) is 15.2. The Bertz CT molecular complexity index is 951. The molecule has 27 heavy (non-hydrogen) atoms. The minimum absolute atomic E-state index is 0.0521. The Morgan fingerprint density at radius 1 is 1.19 bits per heavy atom. The summed E-state index contributed by atoms with van der Waals surface area (Å²) in [5.74, 6) is 0.0425. The Hall–Kier alpha value is -3.05. The molecule has 7 nitrogen and oxygen atoms in total. The molecule has 8 heteroatoms. The number of hydrogen-bond donors (Lipinski definition) is 1. The first-order valence-electron chi connectivity index (χ1n) is 8.35. The normalized spacial score (nSPS) is 10.7. The van der Waals surface area contributed by atoms with Gasteiger partial charge in [-0.25, -0.2) is 8.42 Å². The summed E-state index contributed by atoms with van der Waals surface area (Å²) in [4.78, 5) is 12.3. The van der Waals surface area contributed by atoms with Crippen molar-refractivity contribution in [3.05, 3.63) is 54.1 Å². The average molecular weight is 387 g/mol. The first-order valence-corrected chi connectivity index (χ1v) is 10.2. The molecule has 142 valence electrons. The molecule has 0 radical (unpaired) electrons. The fraction of sp³-hybridized carbons (Fsp3) is 0.263. The van der Waals surface area contributed by atoms with Gasteiger partial charge in [-0.15, -0.1) is 0 Å². The highest BCUT2D eigenvalue weighted by molar-refractivity contribution is 7.92. The van der Waals surface area contributed by atoms with Crippen LogP contribution in [0.15, 0.2) is 48.5 Å². The van der Waals surface area contributed by atoms with Crippen LogP contribution in [0.25, 0.3) is 0 Å². The summed E-state index contributed by atoms with van der Waals surface area (Å²) >= 11 is 0. The van der Waals surface area contributed by atoms with E-state index >= 15 is 0 Å². The number of benzene rings is 2. The van der Waals surface area contributed by atoms with E-state index in [9.17, 15) is 13.2 Å². The lowest BCUT2D eigenvalue weighted by Gasteiger charge is -2.24. The van der Waals surface area contributed by atoms with Gasteiger partial charge in [0.15, 0.2) is 0 Å². The number of carbonyl (C=O) groups is 1. The summed E-state index contributed by atoms with van der Waals surface area (Å²) in [6.07, 6.45) is 1.01. The molecule has 0 saturated carbocycles. The van der Waals surface area contributed by atoms with Gasteiger partial charge in [0.25, 0.3) is 0 Å². The van der Waals surface area contributed by atoms with Crippen LogP contribution in [0.4, 0.5) is 11.4 Å². The van der Waals surface area contributed by atoms with Gasteiger partial charge in [-0.2, -0.15) is 5.26 Å². The third-order valence-corrected chi connectivity index (χ3v) is 4.88. The van der Waals surface area contributed by atoms with Crippen LogP contribution < -0.4 is 14.4 Å². The molecule has 0 spiro atoms. The van der Waals surface area contributed by atoms with E-state index in [1.54, 1.807) is 48.5 Å². The van der Waals surface area contributed by atoms with Crippen LogP contribution in [-0.2, 0) is 14.8 Å². The zero-order chi connectivity index (χ0) is 19.9. The molecule has 0 aliphatic rings. The summed E-state index contributed by atoms with van der Waals surface area (Å²) < 4.78 is 31.2. The number of nitrogens with zero attached hydrogens (tertiary/aromatic N) is 2. The van der Waals surface area contributed by atoms with E-state index < -0.39 is 10.0 Å². The molecule has 1 N–H and O–H groups in total.